The lowest BCUT2D eigenvalue weighted by Gasteiger charge is -2.09. The predicted molar refractivity (Wildman–Crippen MR) is 110 cm³/mol. The summed E-state index contributed by atoms with van der Waals surface area (Å²) in [6.45, 7) is 5.72. The second-order valence-corrected chi connectivity index (χ2v) is 8.16. The van der Waals surface area contributed by atoms with Gasteiger partial charge in [0.25, 0.3) is 0 Å². The van der Waals surface area contributed by atoms with Crippen molar-refractivity contribution in [3.63, 3.8) is 0 Å². The molecule has 0 bridgehead atoms. The molecule has 140 valence electrons. The van der Waals surface area contributed by atoms with E-state index in [2.05, 4.69) is 50.2 Å². The second kappa shape index (κ2) is 8.49. The number of fused-ring (bicyclic) bond motifs is 1. The molecule has 2 N–H and O–H groups in total. The number of carbonyl (C=O) groups excluding carboxylic acids is 2. The molecule has 0 fully saturated rings. The Morgan fingerprint density at radius 3 is 2.63 bits per heavy atom. The SMILES string of the molecule is Cc1ccc(-c2csc3ncnc(SCC(=O)NC(=O)NC(C)C)c23)cc1. The van der Waals surface area contributed by atoms with E-state index in [1.54, 1.807) is 11.3 Å². The third-order valence-electron chi connectivity index (χ3n) is 3.71. The summed E-state index contributed by atoms with van der Waals surface area (Å²) < 4.78 is 0. The molecule has 6 nitrogen and oxygen atoms in total. The number of imide groups is 1. The maximum atomic E-state index is 12.0. The van der Waals surface area contributed by atoms with Gasteiger partial charge in [-0.05, 0) is 26.3 Å². The summed E-state index contributed by atoms with van der Waals surface area (Å²) in [5, 5.41) is 8.69. The number of carbonyl (C=O) groups is 2. The molecule has 2 heterocycles. The molecule has 0 unspecified atom stereocenters. The molecule has 0 saturated heterocycles. The molecule has 0 aliphatic heterocycles. The van der Waals surface area contributed by atoms with Crippen LogP contribution in [0, 0.1) is 6.92 Å². The molecule has 3 rings (SSSR count). The van der Waals surface area contributed by atoms with Gasteiger partial charge in [-0.25, -0.2) is 14.8 Å². The van der Waals surface area contributed by atoms with E-state index >= 15 is 0 Å². The van der Waals surface area contributed by atoms with Crippen molar-refractivity contribution in [2.45, 2.75) is 31.8 Å². The smallest absolute Gasteiger partial charge is 0.321 e. The molecule has 8 heteroatoms. The lowest BCUT2D eigenvalue weighted by atomic mass is 10.1. The van der Waals surface area contributed by atoms with E-state index in [1.807, 2.05) is 20.8 Å². The van der Waals surface area contributed by atoms with Crippen LogP contribution in [0.2, 0.25) is 0 Å². The van der Waals surface area contributed by atoms with E-state index in [0.717, 1.165) is 26.4 Å². The van der Waals surface area contributed by atoms with Gasteiger partial charge in [-0.1, -0.05) is 41.6 Å². The Morgan fingerprint density at radius 2 is 1.93 bits per heavy atom. The van der Waals surface area contributed by atoms with Crippen LogP contribution < -0.4 is 10.6 Å². The van der Waals surface area contributed by atoms with Gasteiger partial charge in [-0.2, -0.15) is 0 Å². The van der Waals surface area contributed by atoms with Gasteiger partial charge in [0.2, 0.25) is 5.91 Å². The van der Waals surface area contributed by atoms with Crippen molar-refractivity contribution in [1.82, 2.24) is 20.6 Å². The largest absolute Gasteiger partial charge is 0.336 e. The van der Waals surface area contributed by atoms with Gasteiger partial charge < -0.3 is 5.32 Å². The summed E-state index contributed by atoms with van der Waals surface area (Å²) in [7, 11) is 0. The van der Waals surface area contributed by atoms with Gasteiger partial charge in [0.1, 0.15) is 16.2 Å². The fraction of sp³-hybridized carbons (Fsp3) is 0.263. The Hall–Kier alpha value is -2.45. The molecule has 0 atom stereocenters. The van der Waals surface area contributed by atoms with Crippen molar-refractivity contribution in [3.05, 3.63) is 41.5 Å². The van der Waals surface area contributed by atoms with Crippen molar-refractivity contribution in [1.29, 1.82) is 0 Å². The van der Waals surface area contributed by atoms with Crippen LogP contribution >= 0.6 is 23.1 Å². The van der Waals surface area contributed by atoms with Crippen LogP contribution in [0.5, 0.6) is 0 Å². The van der Waals surface area contributed by atoms with E-state index in [-0.39, 0.29) is 17.7 Å². The van der Waals surface area contributed by atoms with Gasteiger partial charge >= 0.3 is 6.03 Å². The average Bonchev–Trinajstić information content (AvgIpc) is 3.04. The minimum absolute atomic E-state index is 0.0326. The Morgan fingerprint density at radius 1 is 1.19 bits per heavy atom. The molecular weight excluding hydrogens is 380 g/mol. The summed E-state index contributed by atoms with van der Waals surface area (Å²) in [4.78, 5) is 33.3. The number of nitrogens with zero attached hydrogens (tertiary/aromatic N) is 2. The summed E-state index contributed by atoms with van der Waals surface area (Å²) in [5.74, 6) is -0.266. The third kappa shape index (κ3) is 4.84. The second-order valence-electron chi connectivity index (χ2n) is 6.34. The fourth-order valence-electron chi connectivity index (χ4n) is 2.50. The van der Waals surface area contributed by atoms with E-state index in [0.29, 0.717) is 0 Å². The summed E-state index contributed by atoms with van der Waals surface area (Å²) in [5.41, 5.74) is 3.33. The number of hydrogen-bond acceptors (Lipinski definition) is 6. The quantitative estimate of drug-likeness (QED) is 0.500. The minimum atomic E-state index is -0.487. The van der Waals surface area contributed by atoms with E-state index in [1.165, 1.54) is 23.7 Å². The standard InChI is InChI=1S/C19H20N4O2S2/c1-11(2)22-19(25)23-15(24)9-27-18-16-14(8-26-17(16)20-10-21-18)13-6-4-12(3)5-7-13/h4-8,10-11H,9H2,1-3H3,(H2,22,23,24,25). The van der Waals surface area contributed by atoms with Gasteiger partial charge in [0.05, 0.1) is 11.1 Å². The first-order valence-corrected chi connectivity index (χ1v) is 10.3. The third-order valence-corrected chi connectivity index (χ3v) is 5.59. The van der Waals surface area contributed by atoms with Crippen LogP contribution in [0.1, 0.15) is 19.4 Å². The normalized spacial score (nSPS) is 11.0. The van der Waals surface area contributed by atoms with Crippen molar-refractivity contribution in [2.24, 2.45) is 0 Å². The number of aromatic nitrogens is 2. The van der Waals surface area contributed by atoms with Gasteiger partial charge in [-0.15, -0.1) is 11.3 Å². The highest BCUT2D eigenvalue weighted by Crippen LogP contribution is 2.37. The topological polar surface area (TPSA) is 84.0 Å². The monoisotopic (exact) mass is 400 g/mol. The molecule has 1 aromatic carbocycles. The molecule has 0 radical (unpaired) electrons. The molecule has 0 spiro atoms. The number of aryl methyl sites for hydroxylation is 1. The van der Waals surface area contributed by atoms with Crippen LogP contribution in [-0.4, -0.2) is 33.7 Å². The molecule has 3 amide bonds. The van der Waals surface area contributed by atoms with Gasteiger partial charge in [-0.3, -0.25) is 10.1 Å². The van der Waals surface area contributed by atoms with Gasteiger partial charge in [0.15, 0.2) is 0 Å². The predicted octanol–water partition coefficient (Wildman–Crippen LogP) is 3.99. The molecule has 3 aromatic rings. The molecule has 0 saturated carbocycles. The molecular formula is C19H20N4O2S2. The Balaban J connectivity index is 1.79. The Labute approximate surface area is 165 Å². The highest BCUT2D eigenvalue weighted by atomic mass is 32.2. The maximum Gasteiger partial charge on any atom is 0.321 e. The van der Waals surface area contributed by atoms with Crippen molar-refractivity contribution in [3.8, 4) is 11.1 Å². The van der Waals surface area contributed by atoms with Crippen molar-refractivity contribution in [2.75, 3.05) is 5.75 Å². The van der Waals surface area contributed by atoms with Crippen LogP contribution in [0.3, 0.4) is 0 Å². The fourth-order valence-corrected chi connectivity index (χ4v) is 4.29. The highest BCUT2D eigenvalue weighted by molar-refractivity contribution is 8.00. The molecule has 27 heavy (non-hydrogen) atoms. The lowest BCUT2D eigenvalue weighted by molar-refractivity contribution is -0.117. The number of benzene rings is 1. The summed E-state index contributed by atoms with van der Waals surface area (Å²) in [6, 6.07) is 7.75. The zero-order valence-corrected chi connectivity index (χ0v) is 16.9. The minimum Gasteiger partial charge on any atom is -0.336 e. The Bertz CT molecular complexity index is 968. The number of amides is 3. The number of hydrogen-bond donors (Lipinski definition) is 2. The van der Waals surface area contributed by atoms with Crippen LogP contribution in [0.4, 0.5) is 4.79 Å². The molecule has 0 aliphatic rings. The number of urea groups is 1. The summed E-state index contributed by atoms with van der Waals surface area (Å²) >= 11 is 2.85. The van der Waals surface area contributed by atoms with Crippen LogP contribution in [0.25, 0.3) is 21.3 Å². The number of thioether (sulfide) groups is 1. The number of nitrogens with one attached hydrogen (secondary N) is 2. The van der Waals surface area contributed by atoms with E-state index in [9.17, 15) is 9.59 Å². The first kappa shape index (κ1) is 19.3. The first-order valence-electron chi connectivity index (χ1n) is 8.46. The zero-order valence-electron chi connectivity index (χ0n) is 15.3. The molecule has 2 aromatic heterocycles. The summed E-state index contributed by atoms with van der Waals surface area (Å²) in [6.07, 6.45) is 1.50. The molecule has 0 aliphatic carbocycles. The Kier molecular flexibility index (Phi) is 6.08. The van der Waals surface area contributed by atoms with Crippen LogP contribution in [-0.2, 0) is 4.79 Å². The van der Waals surface area contributed by atoms with E-state index in [4.69, 9.17) is 0 Å². The highest BCUT2D eigenvalue weighted by Gasteiger charge is 2.15. The maximum absolute atomic E-state index is 12.0. The average molecular weight is 401 g/mol. The zero-order chi connectivity index (χ0) is 19.4. The van der Waals surface area contributed by atoms with E-state index < -0.39 is 6.03 Å². The number of thiophene rings is 1. The lowest BCUT2D eigenvalue weighted by Crippen LogP contribution is -2.43. The van der Waals surface area contributed by atoms with Crippen molar-refractivity contribution < 1.29 is 9.59 Å². The first-order chi connectivity index (χ1) is 12.9. The van der Waals surface area contributed by atoms with Crippen LogP contribution in [0.15, 0.2) is 41.0 Å². The number of rotatable bonds is 5. The van der Waals surface area contributed by atoms with Gasteiger partial charge in [0, 0.05) is 17.0 Å². The van der Waals surface area contributed by atoms with Crippen molar-refractivity contribution >= 4 is 45.3 Å².